The largest absolute Gasteiger partial charge is 0.444 e. The average Bonchev–Trinajstić information content (AvgIpc) is 2.60. The van der Waals surface area contributed by atoms with Gasteiger partial charge in [-0.2, -0.15) is 0 Å². The summed E-state index contributed by atoms with van der Waals surface area (Å²) < 4.78 is 5.60. The van der Waals surface area contributed by atoms with Crippen LogP contribution in [-0.2, 0) is 6.54 Å². The number of nitrogens with one attached hydrogen (secondary N) is 1. The Kier molecular flexibility index (Phi) is 4.81. The summed E-state index contributed by atoms with van der Waals surface area (Å²) in [6.45, 7) is 7.03. The molecule has 0 amide bonds. The van der Waals surface area contributed by atoms with Crippen LogP contribution in [0.25, 0.3) is 0 Å². The topological polar surface area (TPSA) is 38.1 Å². The van der Waals surface area contributed by atoms with Gasteiger partial charge in [0.25, 0.3) is 0 Å². The van der Waals surface area contributed by atoms with Gasteiger partial charge in [-0.15, -0.1) is 0 Å². The van der Waals surface area contributed by atoms with Gasteiger partial charge in [-0.3, -0.25) is 0 Å². The van der Waals surface area contributed by atoms with E-state index in [9.17, 15) is 0 Å². The van der Waals surface area contributed by atoms with Crippen molar-refractivity contribution < 1.29 is 4.42 Å². The Hall–Kier alpha value is -0.830. The van der Waals surface area contributed by atoms with Crippen molar-refractivity contribution in [2.24, 2.45) is 5.92 Å². The number of rotatable bonds is 4. The van der Waals surface area contributed by atoms with E-state index in [0.29, 0.717) is 6.04 Å². The summed E-state index contributed by atoms with van der Waals surface area (Å²) in [5.41, 5.74) is 1.01. The number of hydrogen-bond donors (Lipinski definition) is 1. The predicted octanol–water partition coefficient (Wildman–Crippen LogP) is 3.74. The molecule has 0 aliphatic heterocycles. The SMILES string of the molecule is Cc1nc(CN[C@@H](C)C2CCCCCC2)oc1C. The van der Waals surface area contributed by atoms with Gasteiger partial charge in [-0.25, -0.2) is 4.98 Å². The van der Waals surface area contributed by atoms with E-state index in [4.69, 9.17) is 4.42 Å². The van der Waals surface area contributed by atoms with Crippen LogP contribution in [0, 0.1) is 19.8 Å². The summed E-state index contributed by atoms with van der Waals surface area (Å²) in [4.78, 5) is 4.42. The van der Waals surface area contributed by atoms with Gasteiger partial charge in [-0.05, 0) is 39.5 Å². The highest BCUT2D eigenvalue weighted by atomic mass is 16.4. The van der Waals surface area contributed by atoms with Crippen molar-refractivity contribution in [3.63, 3.8) is 0 Å². The molecule has 0 aromatic carbocycles. The summed E-state index contributed by atoms with van der Waals surface area (Å²) in [6, 6.07) is 0.565. The molecule has 0 spiro atoms. The molecule has 1 aromatic heterocycles. The van der Waals surface area contributed by atoms with Gasteiger partial charge in [0.2, 0.25) is 5.89 Å². The predicted molar refractivity (Wildman–Crippen MR) is 73.5 cm³/mol. The van der Waals surface area contributed by atoms with E-state index >= 15 is 0 Å². The minimum Gasteiger partial charge on any atom is -0.444 e. The zero-order valence-corrected chi connectivity index (χ0v) is 12.0. The fourth-order valence-corrected chi connectivity index (χ4v) is 2.84. The van der Waals surface area contributed by atoms with Crippen LogP contribution in [0.5, 0.6) is 0 Å². The van der Waals surface area contributed by atoms with Gasteiger partial charge >= 0.3 is 0 Å². The third-order valence-electron chi connectivity index (χ3n) is 4.26. The molecule has 3 nitrogen and oxygen atoms in total. The number of aryl methyl sites for hydroxylation is 2. The van der Waals surface area contributed by atoms with Crippen molar-refractivity contribution in [1.82, 2.24) is 10.3 Å². The van der Waals surface area contributed by atoms with Crippen molar-refractivity contribution in [1.29, 1.82) is 0 Å². The second-order valence-electron chi connectivity index (χ2n) is 5.67. The van der Waals surface area contributed by atoms with E-state index in [2.05, 4.69) is 17.2 Å². The van der Waals surface area contributed by atoms with Gasteiger partial charge in [0.1, 0.15) is 5.76 Å². The van der Waals surface area contributed by atoms with Crippen molar-refractivity contribution >= 4 is 0 Å². The molecular weight excluding hydrogens is 224 g/mol. The first kappa shape index (κ1) is 13.6. The zero-order valence-electron chi connectivity index (χ0n) is 12.0. The molecule has 1 heterocycles. The van der Waals surface area contributed by atoms with Gasteiger partial charge in [0.15, 0.2) is 0 Å². The molecule has 1 aromatic rings. The van der Waals surface area contributed by atoms with Crippen LogP contribution in [0.2, 0.25) is 0 Å². The van der Waals surface area contributed by atoms with E-state index in [0.717, 1.165) is 29.8 Å². The molecule has 102 valence electrons. The molecule has 0 saturated heterocycles. The number of oxazole rings is 1. The van der Waals surface area contributed by atoms with Gasteiger partial charge < -0.3 is 9.73 Å². The highest BCUT2D eigenvalue weighted by Crippen LogP contribution is 2.25. The van der Waals surface area contributed by atoms with Crippen LogP contribution in [0.1, 0.15) is 62.8 Å². The number of nitrogens with zero attached hydrogens (tertiary/aromatic N) is 1. The highest BCUT2D eigenvalue weighted by Gasteiger charge is 2.19. The lowest BCUT2D eigenvalue weighted by Crippen LogP contribution is -2.33. The molecule has 2 rings (SSSR count). The normalized spacial score (nSPS) is 19.7. The van der Waals surface area contributed by atoms with E-state index in [1.807, 2.05) is 13.8 Å². The lowest BCUT2D eigenvalue weighted by Gasteiger charge is -2.23. The third kappa shape index (κ3) is 3.58. The van der Waals surface area contributed by atoms with Crippen LogP contribution in [0.15, 0.2) is 4.42 Å². The average molecular weight is 250 g/mol. The summed E-state index contributed by atoms with van der Waals surface area (Å²) in [7, 11) is 0. The fraction of sp³-hybridized carbons (Fsp3) is 0.800. The minimum absolute atomic E-state index is 0.565. The molecule has 1 fully saturated rings. The Morgan fingerprint density at radius 2 is 1.89 bits per heavy atom. The number of hydrogen-bond acceptors (Lipinski definition) is 3. The molecule has 1 atom stereocenters. The first-order valence-electron chi connectivity index (χ1n) is 7.33. The summed E-state index contributed by atoms with van der Waals surface area (Å²) in [6.07, 6.45) is 8.38. The van der Waals surface area contributed by atoms with E-state index in [1.54, 1.807) is 0 Å². The maximum atomic E-state index is 5.60. The summed E-state index contributed by atoms with van der Waals surface area (Å²) >= 11 is 0. The molecular formula is C15H26N2O. The van der Waals surface area contributed by atoms with Gasteiger partial charge in [-0.1, -0.05) is 25.7 Å². The lowest BCUT2D eigenvalue weighted by molar-refractivity contribution is 0.322. The molecule has 1 aliphatic rings. The molecule has 18 heavy (non-hydrogen) atoms. The second kappa shape index (κ2) is 6.37. The van der Waals surface area contributed by atoms with Crippen LogP contribution >= 0.6 is 0 Å². The molecule has 1 N–H and O–H groups in total. The molecule has 1 saturated carbocycles. The Morgan fingerprint density at radius 1 is 1.22 bits per heavy atom. The molecule has 0 unspecified atom stereocenters. The number of aromatic nitrogens is 1. The first-order valence-corrected chi connectivity index (χ1v) is 7.33. The third-order valence-corrected chi connectivity index (χ3v) is 4.26. The van der Waals surface area contributed by atoms with Crippen molar-refractivity contribution in [3.8, 4) is 0 Å². The first-order chi connectivity index (χ1) is 8.66. The second-order valence-corrected chi connectivity index (χ2v) is 5.67. The Labute approximate surface area is 110 Å². The smallest absolute Gasteiger partial charge is 0.208 e. The van der Waals surface area contributed by atoms with Crippen LogP contribution in [0.4, 0.5) is 0 Å². The highest BCUT2D eigenvalue weighted by molar-refractivity contribution is 5.05. The summed E-state index contributed by atoms with van der Waals surface area (Å²) in [5, 5.41) is 3.58. The van der Waals surface area contributed by atoms with Crippen molar-refractivity contribution in [3.05, 3.63) is 17.3 Å². The van der Waals surface area contributed by atoms with Crippen LogP contribution in [0.3, 0.4) is 0 Å². The Morgan fingerprint density at radius 3 is 2.44 bits per heavy atom. The van der Waals surface area contributed by atoms with E-state index < -0.39 is 0 Å². The standard InChI is InChI=1S/C15H26N2O/c1-11-13(3)18-15(17-11)10-16-12(2)14-8-6-4-5-7-9-14/h12,14,16H,4-10H2,1-3H3/t12-/m0/s1. The minimum atomic E-state index is 0.565. The maximum absolute atomic E-state index is 5.60. The van der Waals surface area contributed by atoms with Crippen LogP contribution in [-0.4, -0.2) is 11.0 Å². The van der Waals surface area contributed by atoms with Crippen molar-refractivity contribution in [2.75, 3.05) is 0 Å². The molecule has 0 bridgehead atoms. The Bertz CT molecular complexity index is 345. The van der Waals surface area contributed by atoms with Crippen molar-refractivity contribution in [2.45, 2.75) is 71.9 Å². The quantitative estimate of drug-likeness (QED) is 0.827. The summed E-state index contributed by atoms with van der Waals surface area (Å²) in [5.74, 6) is 2.59. The lowest BCUT2D eigenvalue weighted by atomic mass is 9.93. The maximum Gasteiger partial charge on any atom is 0.208 e. The molecule has 3 heteroatoms. The Balaban J connectivity index is 1.81. The van der Waals surface area contributed by atoms with E-state index in [1.165, 1.54) is 38.5 Å². The van der Waals surface area contributed by atoms with Gasteiger partial charge in [0.05, 0.1) is 12.2 Å². The molecule has 0 radical (unpaired) electrons. The van der Waals surface area contributed by atoms with Gasteiger partial charge in [0, 0.05) is 6.04 Å². The monoisotopic (exact) mass is 250 g/mol. The van der Waals surface area contributed by atoms with Crippen LogP contribution < -0.4 is 5.32 Å². The van der Waals surface area contributed by atoms with E-state index in [-0.39, 0.29) is 0 Å². The fourth-order valence-electron chi connectivity index (χ4n) is 2.84. The zero-order chi connectivity index (χ0) is 13.0. The molecule has 1 aliphatic carbocycles.